The van der Waals surface area contributed by atoms with E-state index < -0.39 is 5.91 Å². The van der Waals surface area contributed by atoms with Crippen molar-refractivity contribution in [3.05, 3.63) is 65.0 Å². The van der Waals surface area contributed by atoms with Gasteiger partial charge in [0.2, 0.25) is 0 Å². The normalized spacial score (nSPS) is 12.9. The Morgan fingerprint density at radius 1 is 0.957 bits per heavy atom. The first-order valence-corrected chi connectivity index (χ1v) is 7.51. The van der Waals surface area contributed by atoms with Crippen molar-refractivity contribution in [2.45, 2.75) is 19.3 Å². The maximum Gasteiger partial charge on any atom is 0.262 e. The molecule has 0 spiro atoms. The monoisotopic (exact) mass is 313 g/mol. The molecule has 0 fully saturated rings. The minimum atomic E-state index is -0.410. The van der Waals surface area contributed by atoms with Crippen molar-refractivity contribution < 1.29 is 18.7 Å². The predicted octanol–water partition coefficient (Wildman–Crippen LogP) is 3.11. The molecule has 1 N–H and O–H groups in total. The lowest BCUT2D eigenvalue weighted by Gasteiger charge is -2.09. The summed E-state index contributed by atoms with van der Waals surface area (Å²) in [5.74, 6) is -0.589. The van der Waals surface area contributed by atoms with Gasteiger partial charge >= 0.3 is 0 Å². The molecule has 4 nitrogen and oxygen atoms in total. The number of rotatable bonds is 6. The first-order valence-electron chi connectivity index (χ1n) is 7.51. The average molecular weight is 313 g/mol. The largest absolute Gasteiger partial charge is 0.493 e. The van der Waals surface area contributed by atoms with E-state index in [0.29, 0.717) is 23.5 Å². The molecule has 0 atom stereocenters. The molecule has 1 heterocycles. The number of nitrogens with one attached hydrogen (secondary N) is 1. The van der Waals surface area contributed by atoms with E-state index in [2.05, 4.69) is 5.32 Å². The smallest absolute Gasteiger partial charge is 0.262 e. The van der Waals surface area contributed by atoms with Crippen LogP contribution in [0.1, 0.15) is 39.1 Å². The molecular formula is C18H16FNO3. The van der Waals surface area contributed by atoms with Crippen molar-refractivity contribution in [2.75, 3.05) is 6.61 Å². The third-order valence-electron chi connectivity index (χ3n) is 3.76. The molecule has 0 aliphatic carbocycles. The number of hydrogen-bond acceptors (Lipinski definition) is 3. The second-order valence-electron chi connectivity index (χ2n) is 5.39. The first kappa shape index (κ1) is 15.2. The average Bonchev–Trinajstić information content (AvgIpc) is 2.84. The SMILES string of the molecule is O=C1NC(=O)c2c(OCCCCc3ccc(F)cc3)cccc21. The highest BCUT2D eigenvalue weighted by atomic mass is 19.1. The Bertz CT molecular complexity index is 740. The van der Waals surface area contributed by atoms with Crippen molar-refractivity contribution in [2.24, 2.45) is 0 Å². The van der Waals surface area contributed by atoms with Crippen LogP contribution in [-0.2, 0) is 6.42 Å². The van der Waals surface area contributed by atoms with Gasteiger partial charge in [0, 0.05) is 0 Å². The molecule has 0 unspecified atom stereocenters. The summed E-state index contributed by atoms with van der Waals surface area (Å²) < 4.78 is 18.5. The van der Waals surface area contributed by atoms with Crippen LogP contribution < -0.4 is 10.1 Å². The summed E-state index contributed by atoms with van der Waals surface area (Å²) in [5.41, 5.74) is 1.76. The number of amides is 2. The number of ether oxygens (including phenoxy) is 1. The number of fused-ring (bicyclic) bond motifs is 1. The fourth-order valence-corrected chi connectivity index (χ4v) is 2.57. The number of carbonyl (C=O) groups is 2. The second kappa shape index (κ2) is 6.60. The van der Waals surface area contributed by atoms with E-state index in [9.17, 15) is 14.0 Å². The summed E-state index contributed by atoms with van der Waals surface area (Å²) in [6.07, 6.45) is 2.54. The molecule has 23 heavy (non-hydrogen) atoms. The zero-order valence-corrected chi connectivity index (χ0v) is 12.5. The van der Waals surface area contributed by atoms with Crippen LogP contribution in [0.2, 0.25) is 0 Å². The summed E-state index contributed by atoms with van der Waals surface area (Å²) >= 11 is 0. The van der Waals surface area contributed by atoms with Gasteiger partial charge in [0.1, 0.15) is 11.6 Å². The van der Waals surface area contributed by atoms with Gasteiger partial charge in [0.25, 0.3) is 11.8 Å². The van der Waals surface area contributed by atoms with Crippen LogP contribution >= 0.6 is 0 Å². The van der Waals surface area contributed by atoms with Gasteiger partial charge in [-0.15, -0.1) is 0 Å². The lowest BCUT2D eigenvalue weighted by Crippen LogP contribution is -2.20. The molecule has 1 aliphatic rings. The van der Waals surface area contributed by atoms with E-state index in [1.165, 1.54) is 12.1 Å². The summed E-state index contributed by atoms with van der Waals surface area (Å²) in [6.45, 7) is 0.457. The van der Waals surface area contributed by atoms with Gasteiger partial charge in [-0.2, -0.15) is 0 Å². The van der Waals surface area contributed by atoms with Gasteiger partial charge in [-0.05, 0) is 49.1 Å². The van der Waals surface area contributed by atoms with Crippen LogP contribution in [0, 0.1) is 5.82 Å². The summed E-state index contributed by atoms with van der Waals surface area (Å²) in [7, 11) is 0. The van der Waals surface area contributed by atoms with E-state index in [4.69, 9.17) is 4.74 Å². The molecule has 0 aromatic heterocycles. The number of hydrogen-bond donors (Lipinski definition) is 1. The van der Waals surface area contributed by atoms with Gasteiger partial charge in [-0.1, -0.05) is 18.2 Å². The standard InChI is InChI=1S/C18H16FNO3/c19-13-9-7-12(8-10-13)4-1-2-11-23-15-6-3-5-14-16(15)18(22)20-17(14)21/h3,5-10H,1-2,4,11H2,(H,20,21,22). The lowest BCUT2D eigenvalue weighted by atomic mass is 10.1. The summed E-state index contributed by atoms with van der Waals surface area (Å²) in [4.78, 5) is 23.3. The maximum absolute atomic E-state index is 12.8. The quantitative estimate of drug-likeness (QED) is 0.658. The highest BCUT2D eigenvalue weighted by molar-refractivity contribution is 6.22. The minimum absolute atomic E-state index is 0.233. The molecule has 0 bridgehead atoms. The molecule has 5 heteroatoms. The third kappa shape index (κ3) is 3.39. The van der Waals surface area contributed by atoms with Crippen molar-refractivity contribution in [3.8, 4) is 5.75 Å². The number of carbonyl (C=O) groups excluding carboxylic acids is 2. The van der Waals surface area contributed by atoms with Crippen LogP contribution in [-0.4, -0.2) is 18.4 Å². The molecular weight excluding hydrogens is 297 g/mol. The van der Waals surface area contributed by atoms with E-state index in [1.807, 2.05) is 0 Å². The molecule has 1 aliphatic heterocycles. The molecule has 0 radical (unpaired) electrons. The maximum atomic E-state index is 12.8. The highest BCUT2D eigenvalue weighted by Gasteiger charge is 2.29. The zero-order chi connectivity index (χ0) is 16.2. The topological polar surface area (TPSA) is 55.4 Å². The predicted molar refractivity (Wildman–Crippen MR) is 83.1 cm³/mol. The van der Waals surface area contributed by atoms with Gasteiger partial charge in [0.05, 0.1) is 17.7 Å². The Morgan fingerprint density at radius 3 is 2.52 bits per heavy atom. The fraction of sp³-hybridized carbons (Fsp3) is 0.222. The molecule has 118 valence electrons. The number of aryl methyl sites for hydroxylation is 1. The van der Waals surface area contributed by atoms with Crippen molar-refractivity contribution in [3.63, 3.8) is 0 Å². The van der Waals surface area contributed by atoms with Crippen molar-refractivity contribution >= 4 is 11.8 Å². The highest BCUT2D eigenvalue weighted by Crippen LogP contribution is 2.26. The second-order valence-corrected chi connectivity index (χ2v) is 5.39. The van der Waals surface area contributed by atoms with Gasteiger partial charge in [-0.3, -0.25) is 14.9 Å². The van der Waals surface area contributed by atoms with Crippen molar-refractivity contribution in [1.29, 1.82) is 0 Å². The van der Waals surface area contributed by atoms with Gasteiger partial charge in [-0.25, -0.2) is 4.39 Å². The van der Waals surface area contributed by atoms with Gasteiger partial charge in [0.15, 0.2) is 0 Å². The first-order chi connectivity index (χ1) is 11.1. The molecule has 2 amide bonds. The number of halogens is 1. The van der Waals surface area contributed by atoms with Crippen molar-refractivity contribution in [1.82, 2.24) is 5.32 Å². The van der Waals surface area contributed by atoms with Crippen LogP contribution in [0.15, 0.2) is 42.5 Å². The Hall–Kier alpha value is -2.69. The molecule has 2 aromatic carbocycles. The van der Waals surface area contributed by atoms with Gasteiger partial charge < -0.3 is 4.74 Å². The fourth-order valence-electron chi connectivity index (χ4n) is 2.57. The van der Waals surface area contributed by atoms with E-state index in [-0.39, 0.29) is 11.7 Å². The number of imide groups is 1. The summed E-state index contributed by atoms with van der Waals surface area (Å²) in [5, 5.41) is 2.26. The van der Waals surface area contributed by atoms with Crippen LogP contribution in [0.5, 0.6) is 5.75 Å². The molecule has 2 aromatic rings. The van der Waals surface area contributed by atoms with Crippen LogP contribution in [0.25, 0.3) is 0 Å². The van der Waals surface area contributed by atoms with E-state index >= 15 is 0 Å². The molecule has 0 saturated heterocycles. The Labute approximate surface area is 133 Å². The zero-order valence-electron chi connectivity index (χ0n) is 12.5. The third-order valence-corrected chi connectivity index (χ3v) is 3.76. The number of unbranched alkanes of at least 4 members (excludes halogenated alkanes) is 1. The Kier molecular flexibility index (Phi) is 4.37. The Morgan fingerprint density at radius 2 is 1.74 bits per heavy atom. The molecule has 3 rings (SSSR count). The summed E-state index contributed by atoms with van der Waals surface area (Å²) in [6, 6.07) is 11.5. The Balaban J connectivity index is 1.51. The minimum Gasteiger partial charge on any atom is -0.493 e. The van der Waals surface area contributed by atoms with Crippen LogP contribution in [0.4, 0.5) is 4.39 Å². The number of benzene rings is 2. The van der Waals surface area contributed by atoms with E-state index in [0.717, 1.165) is 24.8 Å². The van der Waals surface area contributed by atoms with E-state index in [1.54, 1.807) is 30.3 Å². The van der Waals surface area contributed by atoms with Crippen LogP contribution in [0.3, 0.4) is 0 Å². The lowest BCUT2D eigenvalue weighted by molar-refractivity contribution is 0.0878. The molecule has 0 saturated carbocycles.